The molecule has 3 rings (SSSR count). The van der Waals surface area contributed by atoms with E-state index in [1.165, 1.54) is 0 Å². The first kappa shape index (κ1) is 16.9. The fourth-order valence-electron chi connectivity index (χ4n) is 2.30. The second-order valence-electron chi connectivity index (χ2n) is 5.20. The van der Waals surface area contributed by atoms with Crippen LogP contribution in [0.1, 0.15) is 17.3 Å². The smallest absolute Gasteiger partial charge is 0.257 e. The average Bonchev–Trinajstić information content (AvgIpc) is 2.63. The number of hydrogen-bond acceptors (Lipinski definition) is 4. The van der Waals surface area contributed by atoms with E-state index in [0.717, 1.165) is 5.56 Å². The number of carbonyl (C=O) groups is 1. The van der Waals surface area contributed by atoms with Crippen molar-refractivity contribution in [1.29, 1.82) is 0 Å². The van der Waals surface area contributed by atoms with Crippen molar-refractivity contribution in [2.24, 2.45) is 0 Å². The normalized spacial score (nSPS) is 10.3. The van der Waals surface area contributed by atoms with Gasteiger partial charge in [-0.15, -0.1) is 10.2 Å². The molecule has 0 unspecified atom stereocenters. The van der Waals surface area contributed by atoms with Gasteiger partial charge in [-0.05, 0) is 37.3 Å². The summed E-state index contributed by atoms with van der Waals surface area (Å²) in [6.07, 6.45) is 0. The zero-order chi connectivity index (χ0) is 17.6. The van der Waals surface area contributed by atoms with Gasteiger partial charge in [0.1, 0.15) is 0 Å². The summed E-state index contributed by atoms with van der Waals surface area (Å²) in [5.41, 5.74) is 2.61. The molecule has 0 spiro atoms. The number of benzene rings is 2. The molecule has 0 aliphatic carbocycles. The number of hydrogen-bond donors (Lipinski definition) is 1. The molecular weight excluding hydrogens is 338 g/mol. The molecule has 0 atom stereocenters. The van der Waals surface area contributed by atoms with Gasteiger partial charge in [0.05, 0.1) is 22.9 Å². The quantitative estimate of drug-likeness (QED) is 0.736. The number of nitrogens with one attached hydrogen (secondary N) is 1. The third-order valence-electron chi connectivity index (χ3n) is 3.47. The summed E-state index contributed by atoms with van der Waals surface area (Å²) in [5.74, 6) is 0.218. The molecule has 0 saturated carbocycles. The predicted molar refractivity (Wildman–Crippen MR) is 98.0 cm³/mol. The summed E-state index contributed by atoms with van der Waals surface area (Å²) in [6.45, 7) is 2.43. The molecule has 1 aromatic heterocycles. The summed E-state index contributed by atoms with van der Waals surface area (Å²) in [5, 5.41) is 11.4. The molecular formula is C19H16ClN3O2. The van der Waals surface area contributed by atoms with E-state index in [2.05, 4.69) is 15.5 Å². The molecule has 1 N–H and O–H groups in total. The summed E-state index contributed by atoms with van der Waals surface area (Å²) >= 11 is 6.06. The Balaban J connectivity index is 1.79. The largest absolute Gasteiger partial charge is 0.477 e. The van der Waals surface area contributed by atoms with Gasteiger partial charge in [-0.1, -0.05) is 35.9 Å². The predicted octanol–water partition coefficient (Wildman–Crippen LogP) is 4.45. The summed E-state index contributed by atoms with van der Waals surface area (Å²) in [6, 6.07) is 17.9. The number of rotatable bonds is 5. The molecule has 3 aromatic rings. The van der Waals surface area contributed by atoms with Gasteiger partial charge in [0.25, 0.3) is 5.91 Å². The molecule has 1 amide bonds. The van der Waals surface area contributed by atoms with E-state index in [9.17, 15) is 4.79 Å². The molecule has 25 heavy (non-hydrogen) atoms. The lowest BCUT2D eigenvalue weighted by atomic mass is 10.1. The van der Waals surface area contributed by atoms with E-state index in [1.54, 1.807) is 36.4 Å². The van der Waals surface area contributed by atoms with E-state index in [1.807, 2.05) is 31.2 Å². The molecule has 1 heterocycles. The van der Waals surface area contributed by atoms with Crippen molar-refractivity contribution in [2.45, 2.75) is 6.92 Å². The fourth-order valence-corrected chi connectivity index (χ4v) is 2.52. The molecule has 0 aliphatic rings. The number of amides is 1. The van der Waals surface area contributed by atoms with E-state index in [4.69, 9.17) is 16.3 Å². The molecule has 0 aliphatic heterocycles. The summed E-state index contributed by atoms with van der Waals surface area (Å²) in [4.78, 5) is 12.4. The Morgan fingerprint density at radius 1 is 1.08 bits per heavy atom. The maximum atomic E-state index is 12.4. The SMILES string of the molecule is CCOc1ccc(-c2cccc(NC(=O)c3ccccc3Cl)c2)nn1. The van der Waals surface area contributed by atoms with Crippen molar-refractivity contribution in [3.63, 3.8) is 0 Å². The van der Waals surface area contributed by atoms with Crippen LogP contribution in [0, 0.1) is 0 Å². The van der Waals surface area contributed by atoms with Crippen molar-refractivity contribution in [3.8, 4) is 17.1 Å². The first-order valence-corrected chi connectivity index (χ1v) is 8.18. The summed E-state index contributed by atoms with van der Waals surface area (Å²) in [7, 11) is 0. The lowest BCUT2D eigenvalue weighted by molar-refractivity contribution is 0.102. The monoisotopic (exact) mass is 353 g/mol. The number of aromatic nitrogens is 2. The molecule has 0 radical (unpaired) electrons. The maximum Gasteiger partial charge on any atom is 0.257 e. The first-order valence-electron chi connectivity index (χ1n) is 7.80. The van der Waals surface area contributed by atoms with Crippen LogP contribution in [0.4, 0.5) is 5.69 Å². The van der Waals surface area contributed by atoms with Crippen molar-refractivity contribution >= 4 is 23.2 Å². The van der Waals surface area contributed by atoms with Crippen LogP contribution in [-0.2, 0) is 0 Å². The number of halogens is 1. The molecule has 2 aromatic carbocycles. The second-order valence-corrected chi connectivity index (χ2v) is 5.61. The van der Waals surface area contributed by atoms with E-state index < -0.39 is 0 Å². The minimum atomic E-state index is -0.263. The van der Waals surface area contributed by atoms with Gasteiger partial charge in [-0.3, -0.25) is 4.79 Å². The van der Waals surface area contributed by atoms with E-state index >= 15 is 0 Å². The summed E-state index contributed by atoms with van der Waals surface area (Å²) < 4.78 is 5.29. The van der Waals surface area contributed by atoms with Crippen LogP contribution < -0.4 is 10.1 Å². The lowest BCUT2D eigenvalue weighted by Crippen LogP contribution is -2.12. The Morgan fingerprint density at radius 3 is 2.64 bits per heavy atom. The van der Waals surface area contributed by atoms with Crippen LogP contribution in [0.25, 0.3) is 11.3 Å². The van der Waals surface area contributed by atoms with Crippen LogP contribution in [-0.4, -0.2) is 22.7 Å². The highest BCUT2D eigenvalue weighted by molar-refractivity contribution is 6.34. The maximum absolute atomic E-state index is 12.4. The molecule has 6 heteroatoms. The minimum Gasteiger partial charge on any atom is -0.477 e. The highest BCUT2D eigenvalue weighted by Gasteiger charge is 2.10. The van der Waals surface area contributed by atoms with Gasteiger partial charge >= 0.3 is 0 Å². The van der Waals surface area contributed by atoms with Gasteiger partial charge in [0.15, 0.2) is 0 Å². The van der Waals surface area contributed by atoms with Crippen LogP contribution in [0.2, 0.25) is 5.02 Å². The zero-order valence-electron chi connectivity index (χ0n) is 13.6. The minimum absolute atomic E-state index is 0.263. The lowest BCUT2D eigenvalue weighted by Gasteiger charge is -2.08. The van der Waals surface area contributed by atoms with E-state index in [0.29, 0.717) is 34.5 Å². The number of nitrogens with zero attached hydrogens (tertiary/aromatic N) is 2. The Labute approximate surface area is 150 Å². The average molecular weight is 354 g/mol. The Morgan fingerprint density at radius 2 is 1.92 bits per heavy atom. The molecule has 0 bridgehead atoms. The van der Waals surface area contributed by atoms with Crippen molar-refractivity contribution in [2.75, 3.05) is 11.9 Å². The third-order valence-corrected chi connectivity index (χ3v) is 3.80. The Hall–Kier alpha value is -2.92. The van der Waals surface area contributed by atoms with Crippen LogP contribution in [0.15, 0.2) is 60.7 Å². The molecule has 126 valence electrons. The van der Waals surface area contributed by atoms with Crippen molar-refractivity contribution < 1.29 is 9.53 Å². The first-order chi connectivity index (χ1) is 12.2. The van der Waals surface area contributed by atoms with Gasteiger partial charge < -0.3 is 10.1 Å². The number of carbonyl (C=O) groups excluding carboxylic acids is 1. The Bertz CT molecular complexity index is 882. The van der Waals surface area contributed by atoms with Crippen LogP contribution in [0.3, 0.4) is 0 Å². The zero-order valence-corrected chi connectivity index (χ0v) is 14.3. The molecule has 5 nitrogen and oxygen atoms in total. The van der Waals surface area contributed by atoms with Gasteiger partial charge in [0, 0.05) is 17.3 Å². The van der Waals surface area contributed by atoms with Gasteiger partial charge in [-0.2, -0.15) is 0 Å². The number of anilines is 1. The second kappa shape index (κ2) is 7.77. The van der Waals surface area contributed by atoms with Crippen molar-refractivity contribution in [1.82, 2.24) is 10.2 Å². The number of ether oxygens (including phenoxy) is 1. The van der Waals surface area contributed by atoms with Gasteiger partial charge in [0.2, 0.25) is 5.88 Å². The van der Waals surface area contributed by atoms with Crippen molar-refractivity contribution in [3.05, 3.63) is 71.2 Å². The molecule has 0 saturated heterocycles. The highest BCUT2D eigenvalue weighted by Crippen LogP contribution is 2.23. The van der Waals surface area contributed by atoms with Gasteiger partial charge in [-0.25, -0.2) is 0 Å². The standard InChI is InChI=1S/C19H16ClN3O2/c1-2-25-18-11-10-17(22-23-18)13-6-5-7-14(12-13)21-19(24)15-8-3-4-9-16(15)20/h3-12H,2H2,1H3,(H,21,24). The topological polar surface area (TPSA) is 64.1 Å². The van der Waals surface area contributed by atoms with Crippen LogP contribution in [0.5, 0.6) is 5.88 Å². The molecule has 0 fully saturated rings. The van der Waals surface area contributed by atoms with Crippen LogP contribution >= 0.6 is 11.6 Å². The highest BCUT2D eigenvalue weighted by atomic mass is 35.5. The van der Waals surface area contributed by atoms with E-state index in [-0.39, 0.29) is 5.91 Å². The Kier molecular flexibility index (Phi) is 5.26. The fraction of sp³-hybridized carbons (Fsp3) is 0.105. The third kappa shape index (κ3) is 4.14.